The Morgan fingerprint density at radius 2 is 1.89 bits per heavy atom. The molecule has 1 aromatic carbocycles. The number of aliphatic hydroxyl groups excluding tert-OH is 1. The summed E-state index contributed by atoms with van der Waals surface area (Å²) >= 11 is 0. The van der Waals surface area contributed by atoms with E-state index in [0.717, 1.165) is 12.0 Å². The van der Waals surface area contributed by atoms with Crippen LogP contribution in [0.2, 0.25) is 0 Å². The number of rotatable bonds is 4. The van der Waals surface area contributed by atoms with Gasteiger partial charge in [-0.15, -0.1) is 0 Å². The van der Waals surface area contributed by atoms with E-state index < -0.39 is 11.9 Å². The summed E-state index contributed by atoms with van der Waals surface area (Å²) < 4.78 is 11.2. The van der Waals surface area contributed by atoms with E-state index in [9.17, 15) is 5.11 Å². The molecule has 1 aliphatic rings. The van der Waals surface area contributed by atoms with Gasteiger partial charge in [0.15, 0.2) is 11.5 Å². The van der Waals surface area contributed by atoms with Crippen molar-refractivity contribution in [2.75, 3.05) is 0 Å². The third-order valence-corrected chi connectivity index (χ3v) is 2.84. The van der Waals surface area contributed by atoms with Crippen molar-refractivity contribution in [3.8, 4) is 17.2 Å². The van der Waals surface area contributed by atoms with Gasteiger partial charge in [-0.25, -0.2) is 0 Å². The molecule has 2 N–H and O–H groups in total. The number of phenols is 1. The average molecular weight is 251 g/mol. The van der Waals surface area contributed by atoms with E-state index in [0.29, 0.717) is 24.3 Å². The van der Waals surface area contributed by atoms with Crippen LogP contribution >= 0.6 is 0 Å². The summed E-state index contributed by atoms with van der Waals surface area (Å²) in [5.74, 6) is 0.742. The Hall–Kier alpha value is -1.42. The third-order valence-electron chi connectivity index (χ3n) is 2.84. The zero-order valence-corrected chi connectivity index (χ0v) is 10.8. The van der Waals surface area contributed by atoms with Crippen LogP contribution in [0.25, 0.3) is 0 Å². The van der Waals surface area contributed by atoms with Gasteiger partial charge in [-0.1, -0.05) is 0 Å². The fourth-order valence-corrected chi connectivity index (χ4v) is 2.03. The molecule has 99 valence electrons. The standard InChI is InChI=1S/C14H19O4/c1-9(15)5-4-6-10-7-12-13(8-11(10)16)18-14(2,3)17-12/h7-9,15-16H,1,4-6H2,2-3H3/t9-/m0/s1. The highest BCUT2D eigenvalue weighted by molar-refractivity contribution is 5.52. The Balaban J connectivity index is 2.10. The summed E-state index contributed by atoms with van der Waals surface area (Å²) in [7, 11) is 0. The highest BCUT2D eigenvalue weighted by Gasteiger charge is 2.32. The molecule has 0 aromatic heterocycles. The smallest absolute Gasteiger partial charge is 0.246 e. The maximum absolute atomic E-state index is 9.90. The van der Waals surface area contributed by atoms with Crippen LogP contribution in [0.3, 0.4) is 0 Å². The molecule has 1 aliphatic heterocycles. The summed E-state index contributed by atoms with van der Waals surface area (Å²) in [4.78, 5) is 0. The predicted molar refractivity (Wildman–Crippen MR) is 67.7 cm³/mol. The molecule has 0 saturated heterocycles. The number of benzene rings is 1. The van der Waals surface area contributed by atoms with E-state index in [-0.39, 0.29) is 5.75 Å². The van der Waals surface area contributed by atoms with Crippen LogP contribution in [0.1, 0.15) is 32.3 Å². The summed E-state index contributed by atoms with van der Waals surface area (Å²) in [6.07, 6.45) is 1.50. The molecule has 2 rings (SSSR count). The molecule has 0 spiro atoms. The number of hydrogen-bond acceptors (Lipinski definition) is 4. The molecule has 4 heteroatoms. The molecule has 1 atom stereocenters. The van der Waals surface area contributed by atoms with Crippen LogP contribution in [0.5, 0.6) is 17.2 Å². The molecule has 0 fully saturated rings. The molecule has 0 unspecified atom stereocenters. The van der Waals surface area contributed by atoms with Crippen LogP contribution in [0, 0.1) is 6.92 Å². The van der Waals surface area contributed by atoms with Gasteiger partial charge in [0.05, 0.1) is 6.10 Å². The minimum absolute atomic E-state index is 0.202. The van der Waals surface area contributed by atoms with Gasteiger partial charge in [-0.3, -0.25) is 0 Å². The van der Waals surface area contributed by atoms with Gasteiger partial charge in [0.1, 0.15) is 5.75 Å². The van der Waals surface area contributed by atoms with Crippen molar-refractivity contribution in [1.82, 2.24) is 0 Å². The molecule has 1 aromatic rings. The maximum Gasteiger partial charge on any atom is 0.246 e. The quantitative estimate of drug-likeness (QED) is 0.862. The van der Waals surface area contributed by atoms with Gasteiger partial charge >= 0.3 is 0 Å². The number of aliphatic hydroxyl groups is 1. The van der Waals surface area contributed by atoms with E-state index in [4.69, 9.17) is 14.6 Å². The second-order valence-corrected chi connectivity index (χ2v) is 5.08. The van der Waals surface area contributed by atoms with Gasteiger partial charge in [0.2, 0.25) is 5.79 Å². The zero-order chi connectivity index (χ0) is 13.3. The van der Waals surface area contributed by atoms with Crippen molar-refractivity contribution in [3.63, 3.8) is 0 Å². The van der Waals surface area contributed by atoms with Crippen molar-refractivity contribution in [2.45, 2.75) is 45.0 Å². The number of aromatic hydroxyl groups is 1. The molecular weight excluding hydrogens is 232 g/mol. The Bertz CT molecular complexity index is 438. The Morgan fingerprint density at radius 1 is 1.28 bits per heavy atom. The van der Waals surface area contributed by atoms with Gasteiger partial charge in [-0.05, 0) is 37.8 Å². The van der Waals surface area contributed by atoms with Crippen molar-refractivity contribution in [3.05, 3.63) is 24.6 Å². The minimum atomic E-state index is -0.684. The lowest BCUT2D eigenvalue weighted by Gasteiger charge is -2.16. The highest BCUT2D eigenvalue weighted by atomic mass is 16.7. The summed E-state index contributed by atoms with van der Waals surface area (Å²) in [5, 5.41) is 19.0. The first kappa shape index (κ1) is 13.0. The topological polar surface area (TPSA) is 58.9 Å². The largest absolute Gasteiger partial charge is 0.508 e. The monoisotopic (exact) mass is 251 g/mol. The lowest BCUT2D eigenvalue weighted by Crippen LogP contribution is -2.29. The summed E-state index contributed by atoms with van der Waals surface area (Å²) in [6.45, 7) is 7.16. The van der Waals surface area contributed by atoms with Gasteiger partial charge < -0.3 is 19.7 Å². The molecule has 0 bridgehead atoms. The first-order valence-corrected chi connectivity index (χ1v) is 6.12. The first-order chi connectivity index (χ1) is 8.37. The lowest BCUT2D eigenvalue weighted by molar-refractivity contribution is -0.0431. The fourth-order valence-electron chi connectivity index (χ4n) is 2.03. The molecule has 4 nitrogen and oxygen atoms in total. The number of aryl methyl sites for hydroxylation is 1. The fraction of sp³-hybridized carbons (Fsp3) is 0.500. The molecule has 0 saturated carbocycles. The van der Waals surface area contributed by atoms with Crippen LogP contribution in [0.4, 0.5) is 0 Å². The zero-order valence-electron chi connectivity index (χ0n) is 10.8. The van der Waals surface area contributed by atoms with Crippen molar-refractivity contribution in [2.24, 2.45) is 0 Å². The van der Waals surface area contributed by atoms with Crippen LogP contribution < -0.4 is 9.47 Å². The molecule has 1 radical (unpaired) electrons. The lowest BCUT2D eigenvalue weighted by atomic mass is 10.0. The highest BCUT2D eigenvalue weighted by Crippen LogP contribution is 2.43. The minimum Gasteiger partial charge on any atom is -0.508 e. The van der Waals surface area contributed by atoms with E-state index in [1.165, 1.54) is 0 Å². The molecular formula is C14H19O4. The first-order valence-electron chi connectivity index (χ1n) is 6.12. The van der Waals surface area contributed by atoms with Gasteiger partial charge in [-0.2, -0.15) is 0 Å². The molecule has 0 amide bonds. The third kappa shape index (κ3) is 2.88. The normalized spacial score (nSPS) is 17.8. The van der Waals surface area contributed by atoms with Crippen molar-refractivity contribution in [1.29, 1.82) is 0 Å². The van der Waals surface area contributed by atoms with E-state index in [1.54, 1.807) is 12.1 Å². The second kappa shape index (κ2) is 4.69. The van der Waals surface area contributed by atoms with Crippen molar-refractivity contribution < 1.29 is 19.7 Å². The Morgan fingerprint density at radius 3 is 2.50 bits per heavy atom. The number of fused-ring (bicyclic) bond motifs is 1. The summed E-state index contributed by atoms with van der Waals surface area (Å²) in [5.41, 5.74) is 0.802. The molecule has 0 aliphatic carbocycles. The van der Waals surface area contributed by atoms with Crippen LogP contribution in [0.15, 0.2) is 12.1 Å². The predicted octanol–water partition coefficient (Wildman–Crippen LogP) is 2.42. The van der Waals surface area contributed by atoms with Gasteiger partial charge in [0, 0.05) is 19.9 Å². The number of ether oxygens (including phenoxy) is 2. The maximum atomic E-state index is 9.90. The summed E-state index contributed by atoms with van der Waals surface area (Å²) in [6, 6.07) is 3.38. The second-order valence-electron chi connectivity index (χ2n) is 5.08. The Labute approximate surface area is 107 Å². The number of hydrogen-bond donors (Lipinski definition) is 2. The average Bonchev–Trinajstić information content (AvgIpc) is 2.51. The van der Waals surface area contributed by atoms with E-state index in [2.05, 4.69) is 6.92 Å². The van der Waals surface area contributed by atoms with Crippen LogP contribution in [-0.4, -0.2) is 22.1 Å². The van der Waals surface area contributed by atoms with Crippen molar-refractivity contribution >= 4 is 0 Å². The van der Waals surface area contributed by atoms with Crippen LogP contribution in [-0.2, 0) is 6.42 Å². The molecule has 1 heterocycles. The van der Waals surface area contributed by atoms with Gasteiger partial charge in [0.25, 0.3) is 0 Å². The van der Waals surface area contributed by atoms with E-state index in [1.807, 2.05) is 13.8 Å². The van der Waals surface area contributed by atoms with E-state index >= 15 is 0 Å². The Kier molecular flexibility index (Phi) is 3.39. The number of phenolic OH excluding ortho intramolecular Hbond substituents is 1. The molecule has 18 heavy (non-hydrogen) atoms. The SMILES string of the molecule is [CH2][C@H](O)CCCc1cc2c(cc1O)OC(C)(C)O2.